The molecule has 4 nitrogen and oxygen atoms in total. The van der Waals surface area contributed by atoms with E-state index >= 15 is 0 Å². The quantitative estimate of drug-likeness (QED) is 0.590. The van der Waals surface area contributed by atoms with E-state index in [2.05, 4.69) is 33.9 Å². The monoisotopic (exact) mass is 382 g/mol. The Hall–Kier alpha value is -2.40. The number of hydrogen-bond acceptors (Lipinski definition) is 3. The molecule has 0 spiro atoms. The summed E-state index contributed by atoms with van der Waals surface area (Å²) in [4.78, 5) is 24.4. The van der Waals surface area contributed by atoms with Gasteiger partial charge < -0.3 is 9.53 Å². The third kappa shape index (κ3) is 3.44. The van der Waals surface area contributed by atoms with Crippen molar-refractivity contribution in [3.63, 3.8) is 0 Å². The molecular weight excluding hydrogens is 356 g/mol. The standard InChI is InChI=1S/C22H26O4Si/c1-22(2,3)27(4,5)26-15-12-10-14(11-13-15)18-16-8-6-7-9-17(16)20(23)19(18)21(24)25/h6-13,18-19H,1-5H3,(H,24,25). The number of Topliss-reactive ketones (excluding diaryl/α,β-unsaturated/α-hetero) is 1. The van der Waals surface area contributed by atoms with Crippen molar-refractivity contribution >= 4 is 20.1 Å². The van der Waals surface area contributed by atoms with E-state index in [1.165, 1.54) is 0 Å². The van der Waals surface area contributed by atoms with Gasteiger partial charge in [0.2, 0.25) is 8.32 Å². The lowest BCUT2D eigenvalue weighted by Crippen LogP contribution is -2.43. The van der Waals surface area contributed by atoms with Crippen LogP contribution in [0.1, 0.15) is 48.2 Å². The fourth-order valence-electron chi connectivity index (χ4n) is 3.31. The number of hydrogen-bond donors (Lipinski definition) is 1. The molecule has 0 aromatic heterocycles. The molecule has 0 amide bonds. The molecule has 0 aliphatic heterocycles. The van der Waals surface area contributed by atoms with Crippen LogP contribution in [-0.4, -0.2) is 25.2 Å². The number of aliphatic carboxylic acids is 1. The third-order valence-corrected chi connectivity index (χ3v) is 10.2. The van der Waals surface area contributed by atoms with Gasteiger partial charge in [-0.2, -0.15) is 0 Å². The number of rotatable bonds is 4. The van der Waals surface area contributed by atoms with Crippen LogP contribution in [0.25, 0.3) is 0 Å². The maximum absolute atomic E-state index is 12.6. The van der Waals surface area contributed by atoms with E-state index in [-0.39, 0.29) is 10.8 Å². The minimum Gasteiger partial charge on any atom is -0.544 e. The Kier molecular flexibility index (Phi) is 4.76. The molecule has 0 heterocycles. The smallest absolute Gasteiger partial charge is 0.315 e. The van der Waals surface area contributed by atoms with Crippen molar-refractivity contribution in [1.82, 2.24) is 0 Å². The summed E-state index contributed by atoms with van der Waals surface area (Å²) >= 11 is 0. The van der Waals surface area contributed by atoms with Crippen molar-refractivity contribution in [2.45, 2.75) is 44.8 Å². The molecule has 27 heavy (non-hydrogen) atoms. The van der Waals surface area contributed by atoms with E-state index in [1.807, 2.05) is 36.4 Å². The van der Waals surface area contributed by atoms with E-state index in [0.29, 0.717) is 5.56 Å². The van der Waals surface area contributed by atoms with Crippen LogP contribution in [0.3, 0.4) is 0 Å². The zero-order valence-corrected chi connectivity index (χ0v) is 17.4. The number of benzene rings is 2. The first-order valence-electron chi connectivity index (χ1n) is 9.18. The molecule has 1 N–H and O–H groups in total. The van der Waals surface area contributed by atoms with Crippen molar-refractivity contribution in [2.75, 3.05) is 0 Å². The Morgan fingerprint density at radius 2 is 1.63 bits per heavy atom. The van der Waals surface area contributed by atoms with E-state index < -0.39 is 26.1 Å². The Morgan fingerprint density at radius 1 is 1.04 bits per heavy atom. The van der Waals surface area contributed by atoms with Crippen molar-refractivity contribution in [3.8, 4) is 5.75 Å². The lowest BCUT2D eigenvalue weighted by molar-refractivity contribution is -0.140. The second-order valence-electron chi connectivity index (χ2n) is 8.68. The van der Waals surface area contributed by atoms with Crippen LogP contribution in [0.2, 0.25) is 18.1 Å². The molecule has 3 rings (SSSR count). The van der Waals surface area contributed by atoms with Gasteiger partial charge in [-0.1, -0.05) is 57.2 Å². The highest BCUT2D eigenvalue weighted by Gasteiger charge is 2.45. The van der Waals surface area contributed by atoms with Gasteiger partial charge in [0.05, 0.1) is 0 Å². The lowest BCUT2D eigenvalue weighted by Gasteiger charge is -2.36. The van der Waals surface area contributed by atoms with Gasteiger partial charge in [-0.05, 0) is 41.4 Å². The van der Waals surface area contributed by atoms with Gasteiger partial charge in [0.15, 0.2) is 5.78 Å². The van der Waals surface area contributed by atoms with Gasteiger partial charge in [0.25, 0.3) is 0 Å². The first-order chi connectivity index (χ1) is 12.5. The Morgan fingerprint density at radius 3 is 2.19 bits per heavy atom. The third-order valence-electron chi connectivity index (χ3n) is 5.86. The van der Waals surface area contributed by atoms with Crippen LogP contribution < -0.4 is 4.43 Å². The lowest BCUT2D eigenvalue weighted by atomic mass is 9.85. The highest BCUT2D eigenvalue weighted by molar-refractivity contribution is 6.74. The largest absolute Gasteiger partial charge is 0.544 e. The Balaban J connectivity index is 1.95. The van der Waals surface area contributed by atoms with Crippen LogP contribution in [0.4, 0.5) is 0 Å². The van der Waals surface area contributed by atoms with Gasteiger partial charge in [0, 0.05) is 11.5 Å². The number of carbonyl (C=O) groups is 2. The summed E-state index contributed by atoms with van der Waals surface area (Å²) in [6.45, 7) is 10.9. The highest BCUT2D eigenvalue weighted by Crippen LogP contribution is 2.43. The van der Waals surface area contributed by atoms with E-state index in [1.54, 1.807) is 12.1 Å². The maximum atomic E-state index is 12.6. The second kappa shape index (κ2) is 6.64. The molecule has 142 valence electrons. The van der Waals surface area contributed by atoms with E-state index in [9.17, 15) is 14.7 Å². The summed E-state index contributed by atoms with van der Waals surface area (Å²) in [6.07, 6.45) is 0. The number of carboxylic acid groups (broad SMARTS) is 1. The first kappa shape index (κ1) is 19.4. The van der Waals surface area contributed by atoms with Crippen LogP contribution in [0, 0.1) is 5.92 Å². The topological polar surface area (TPSA) is 63.6 Å². The molecule has 0 saturated heterocycles. The van der Waals surface area contributed by atoms with Gasteiger partial charge in [-0.3, -0.25) is 9.59 Å². The number of carbonyl (C=O) groups excluding carboxylic acids is 1. The predicted octanol–water partition coefficient (Wildman–Crippen LogP) is 5.10. The van der Waals surface area contributed by atoms with Crippen molar-refractivity contribution in [2.24, 2.45) is 5.92 Å². The van der Waals surface area contributed by atoms with Crippen LogP contribution in [0.15, 0.2) is 48.5 Å². The van der Waals surface area contributed by atoms with E-state index in [4.69, 9.17) is 4.43 Å². The average molecular weight is 383 g/mol. The minimum absolute atomic E-state index is 0.0941. The summed E-state index contributed by atoms with van der Waals surface area (Å²) in [5, 5.41) is 9.74. The van der Waals surface area contributed by atoms with Crippen LogP contribution in [-0.2, 0) is 4.79 Å². The van der Waals surface area contributed by atoms with Gasteiger partial charge >= 0.3 is 5.97 Å². The molecule has 0 radical (unpaired) electrons. The normalized spacial score (nSPS) is 19.7. The fourth-order valence-corrected chi connectivity index (χ4v) is 4.34. The fraction of sp³-hybridized carbons (Fsp3) is 0.364. The second-order valence-corrected chi connectivity index (χ2v) is 13.4. The van der Waals surface area contributed by atoms with Crippen molar-refractivity contribution in [3.05, 3.63) is 65.2 Å². The zero-order chi connectivity index (χ0) is 20.0. The summed E-state index contributed by atoms with van der Waals surface area (Å²) < 4.78 is 6.30. The summed E-state index contributed by atoms with van der Waals surface area (Å²) in [7, 11) is -1.94. The molecular formula is C22H26O4Si. The van der Waals surface area contributed by atoms with Crippen molar-refractivity contribution < 1.29 is 19.1 Å². The van der Waals surface area contributed by atoms with E-state index in [0.717, 1.165) is 16.9 Å². The molecule has 0 bridgehead atoms. The van der Waals surface area contributed by atoms with Gasteiger partial charge in [-0.25, -0.2) is 0 Å². The predicted molar refractivity (Wildman–Crippen MR) is 108 cm³/mol. The van der Waals surface area contributed by atoms with Crippen LogP contribution in [0.5, 0.6) is 5.75 Å². The number of fused-ring (bicyclic) bond motifs is 1. The summed E-state index contributed by atoms with van der Waals surface area (Å²) in [5.41, 5.74) is 2.12. The van der Waals surface area contributed by atoms with Gasteiger partial charge in [0.1, 0.15) is 11.7 Å². The van der Waals surface area contributed by atoms with Crippen LogP contribution >= 0.6 is 0 Å². The SMILES string of the molecule is CC(C)(C)[Si](C)(C)Oc1ccc(C2c3ccccc3C(=O)C2C(=O)O)cc1. The Labute approximate surface area is 161 Å². The number of ketones is 1. The molecule has 2 atom stereocenters. The number of carboxylic acids is 1. The van der Waals surface area contributed by atoms with Crippen molar-refractivity contribution in [1.29, 1.82) is 0 Å². The maximum Gasteiger partial charge on any atom is 0.315 e. The van der Waals surface area contributed by atoms with Gasteiger partial charge in [-0.15, -0.1) is 0 Å². The highest BCUT2D eigenvalue weighted by atomic mass is 28.4. The first-order valence-corrected chi connectivity index (χ1v) is 12.1. The Bertz CT molecular complexity index is 878. The molecule has 1 aliphatic rings. The molecule has 5 heteroatoms. The molecule has 2 aromatic rings. The summed E-state index contributed by atoms with van der Waals surface area (Å²) in [6, 6.07) is 14.7. The zero-order valence-electron chi connectivity index (χ0n) is 16.4. The molecule has 0 saturated carbocycles. The molecule has 0 fully saturated rings. The molecule has 2 unspecified atom stereocenters. The molecule has 2 aromatic carbocycles. The molecule has 1 aliphatic carbocycles. The minimum atomic E-state index is -1.94. The summed E-state index contributed by atoms with van der Waals surface area (Å²) in [5.74, 6) is -2.15. The average Bonchev–Trinajstić information content (AvgIpc) is 2.88.